The largest absolute Gasteiger partial charge is 0.456 e. The second-order valence-corrected chi connectivity index (χ2v) is 17.9. The Morgan fingerprint density at radius 1 is 0.286 bits per heavy atom. The van der Waals surface area contributed by atoms with E-state index >= 15 is 0 Å². The topological polar surface area (TPSA) is 74.8 Å². The normalized spacial score (nSPS) is 12.0. The summed E-state index contributed by atoms with van der Waals surface area (Å²) in [4.78, 5) is 16.0. The van der Waals surface area contributed by atoms with Crippen LogP contribution in [0.4, 0.5) is 0 Å². The summed E-state index contributed by atoms with van der Waals surface area (Å²) in [6.07, 6.45) is 0. The lowest BCUT2D eigenvalue weighted by Gasteiger charge is -2.15. The van der Waals surface area contributed by atoms with Crippen molar-refractivity contribution in [3.8, 4) is 56.7 Å². The second-order valence-electron chi connectivity index (χ2n) is 17.9. The van der Waals surface area contributed by atoms with E-state index in [4.69, 9.17) is 23.8 Å². The molecule has 7 nitrogen and oxygen atoms in total. The Kier molecular flexibility index (Phi) is 8.23. The molecule has 7 heteroatoms. The van der Waals surface area contributed by atoms with Crippen LogP contribution in [0.5, 0.6) is 0 Å². The first-order chi connectivity index (χ1) is 34.7. The van der Waals surface area contributed by atoms with E-state index in [1.165, 1.54) is 11.1 Å². The van der Waals surface area contributed by atoms with Crippen LogP contribution in [0, 0.1) is 0 Å². The monoisotopic (exact) mass is 895 g/mol. The van der Waals surface area contributed by atoms with Gasteiger partial charge in [-0.3, -0.25) is 4.57 Å². The van der Waals surface area contributed by atoms with Gasteiger partial charge in [-0.05, 0) is 70.8 Å². The molecule has 0 unspecified atom stereocenters. The summed E-state index contributed by atoms with van der Waals surface area (Å²) in [6.45, 7) is 0. The zero-order valence-corrected chi connectivity index (χ0v) is 37.4. The van der Waals surface area contributed by atoms with Crippen LogP contribution in [0.2, 0.25) is 0 Å². The Morgan fingerprint density at radius 2 is 0.757 bits per heavy atom. The summed E-state index contributed by atoms with van der Waals surface area (Å²) in [5.74, 6) is 1.61. The van der Waals surface area contributed by atoms with Gasteiger partial charge in [0, 0.05) is 54.2 Å². The fourth-order valence-electron chi connectivity index (χ4n) is 10.8. The van der Waals surface area contributed by atoms with Gasteiger partial charge in [0.25, 0.3) is 0 Å². The van der Waals surface area contributed by atoms with E-state index in [1.807, 2.05) is 60.7 Å². The van der Waals surface area contributed by atoms with Crippen LogP contribution in [0.3, 0.4) is 0 Å². The summed E-state index contributed by atoms with van der Waals surface area (Å²) in [6, 6.07) is 78.6. The number of hydrogen-bond donors (Lipinski definition) is 0. The average Bonchev–Trinajstić information content (AvgIpc) is 4.19. The van der Waals surface area contributed by atoms with Gasteiger partial charge in [0.1, 0.15) is 16.7 Å². The molecule has 15 aromatic rings. The van der Waals surface area contributed by atoms with E-state index in [0.717, 1.165) is 115 Å². The van der Waals surface area contributed by atoms with Crippen LogP contribution in [0.25, 0.3) is 144 Å². The minimum Gasteiger partial charge on any atom is -0.456 e. The highest BCUT2D eigenvalue weighted by Crippen LogP contribution is 2.45. The molecule has 0 saturated heterocycles. The van der Waals surface area contributed by atoms with Crippen molar-refractivity contribution in [3.05, 3.63) is 224 Å². The van der Waals surface area contributed by atoms with Crippen molar-refractivity contribution >= 4 is 87.5 Å². The first kappa shape index (κ1) is 38.5. The third-order valence-electron chi connectivity index (χ3n) is 14.0. The van der Waals surface area contributed by atoms with E-state index in [-0.39, 0.29) is 0 Å². The number of para-hydroxylation sites is 4. The van der Waals surface area contributed by atoms with Gasteiger partial charge in [-0.1, -0.05) is 176 Å². The number of benzene rings is 10. The summed E-state index contributed by atoms with van der Waals surface area (Å²) in [5, 5.41) is 8.61. The predicted octanol–water partition coefficient (Wildman–Crippen LogP) is 16.5. The van der Waals surface area contributed by atoms with Crippen molar-refractivity contribution < 1.29 is 8.83 Å². The molecule has 0 bridgehead atoms. The Bertz CT molecular complexity index is 4580. The zero-order valence-electron chi connectivity index (χ0n) is 37.4. The van der Waals surface area contributed by atoms with Gasteiger partial charge >= 0.3 is 0 Å². The molecule has 70 heavy (non-hydrogen) atoms. The lowest BCUT2D eigenvalue weighted by Crippen LogP contribution is -2.07. The van der Waals surface area contributed by atoms with Crippen molar-refractivity contribution in [2.75, 3.05) is 0 Å². The first-order valence-electron chi connectivity index (χ1n) is 23.5. The van der Waals surface area contributed by atoms with Gasteiger partial charge in [0.15, 0.2) is 17.2 Å². The van der Waals surface area contributed by atoms with Crippen molar-refractivity contribution in [1.29, 1.82) is 0 Å². The van der Waals surface area contributed by atoms with E-state index in [2.05, 4.69) is 173 Å². The molecular formula is C63H37N5O2. The molecule has 0 aliphatic heterocycles. The van der Waals surface area contributed by atoms with E-state index in [0.29, 0.717) is 17.6 Å². The van der Waals surface area contributed by atoms with Crippen LogP contribution in [-0.4, -0.2) is 24.1 Å². The van der Waals surface area contributed by atoms with Crippen LogP contribution >= 0.6 is 0 Å². The Hall–Kier alpha value is -9.59. The molecule has 5 aromatic heterocycles. The van der Waals surface area contributed by atoms with E-state index in [1.54, 1.807) is 0 Å². The van der Waals surface area contributed by atoms with Gasteiger partial charge in [-0.15, -0.1) is 0 Å². The maximum atomic E-state index is 6.97. The molecule has 10 aromatic carbocycles. The van der Waals surface area contributed by atoms with Gasteiger partial charge in [0.2, 0.25) is 5.95 Å². The van der Waals surface area contributed by atoms with Crippen LogP contribution in [-0.2, 0) is 0 Å². The molecule has 0 aliphatic rings. The minimum absolute atomic E-state index is 0.505. The summed E-state index contributed by atoms with van der Waals surface area (Å²) in [5.41, 5.74) is 14.5. The van der Waals surface area contributed by atoms with Gasteiger partial charge in [0.05, 0.1) is 27.8 Å². The molecule has 0 fully saturated rings. The molecule has 0 atom stereocenters. The van der Waals surface area contributed by atoms with E-state index in [9.17, 15) is 0 Å². The summed E-state index contributed by atoms with van der Waals surface area (Å²) >= 11 is 0. The zero-order chi connectivity index (χ0) is 45.9. The number of hydrogen-bond acceptors (Lipinski definition) is 5. The minimum atomic E-state index is 0.505. The van der Waals surface area contributed by atoms with Gasteiger partial charge in [-0.2, -0.15) is 9.97 Å². The number of furan rings is 2. The average molecular weight is 896 g/mol. The van der Waals surface area contributed by atoms with Crippen molar-refractivity contribution in [1.82, 2.24) is 24.1 Å². The fraction of sp³-hybridized carbons (Fsp3) is 0. The van der Waals surface area contributed by atoms with Crippen molar-refractivity contribution in [2.45, 2.75) is 0 Å². The third kappa shape index (κ3) is 5.79. The molecule has 0 saturated carbocycles. The van der Waals surface area contributed by atoms with Crippen LogP contribution in [0.1, 0.15) is 0 Å². The first-order valence-corrected chi connectivity index (χ1v) is 23.5. The SMILES string of the molecule is c1ccc(-c2ccc(-c3cc(-n4c5ccccc5c5ccc6c7ccccc7n(-c7nc(-c8ccccc8)nc(-c8ccc9c(c8)oc8ccccc89)n7)c6c54)c4oc5ccccc5c4c3)cc2)cc1. The Morgan fingerprint density at radius 3 is 1.44 bits per heavy atom. The smallest absolute Gasteiger partial charge is 0.238 e. The number of fused-ring (bicyclic) bond motifs is 13. The number of nitrogens with zero attached hydrogens (tertiary/aromatic N) is 5. The quantitative estimate of drug-likeness (QED) is 0.166. The molecular weight excluding hydrogens is 859 g/mol. The second kappa shape index (κ2) is 15.0. The molecule has 0 amide bonds. The number of rotatable bonds is 6. The lowest BCUT2D eigenvalue weighted by molar-refractivity contribution is 0.666. The third-order valence-corrected chi connectivity index (χ3v) is 14.0. The molecule has 326 valence electrons. The molecule has 0 aliphatic carbocycles. The van der Waals surface area contributed by atoms with Crippen molar-refractivity contribution in [2.24, 2.45) is 0 Å². The van der Waals surface area contributed by atoms with Crippen LogP contribution in [0.15, 0.2) is 233 Å². The van der Waals surface area contributed by atoms with E-state index < -0.39 is 0 Å². The molecule has 0 N–H and O–H groups in total. The summed E-state index contributed by atoms with van der Waals surface area (Å²) in [7, 11) is 0. The molecule has 0 radical (unpaired) electrons. The fourth-order valence-corrected chi connectivity index (χ4v) is 10.8. The Labute approximate surface area is 399 Å². The van der Waals surface area contributed by atoms with Crippen molar-refractivity contribution in [3.63, 3.8) is 0 Å². The predicted molar refractivity (Wildman–Crippen MR) is 285 cm³/mol. The van der Waals surface area contributed by atoms with Crippen LogP contribution < -0.4 is 0 Å². The summed E-state index contributed by atoms with van der Waals surface area (Å²) < 4.78 is 18.0. The molecule has 0 spiro atoms. The highest BCUT2D eigenvalue weighted by Gasteiger charge is 2.26. The van der Waals surface area contributed by atoms with Gasteiger partial charge in [-0.25, -0.2) is 4.98 Å². The molecule has 15 rings (SSSR count). The molecule has 5 heterocycles. The standard InChI is InChI=1S/C63H37N5O2/c1-3-15-38(16-4-1)39-27-29-40(30-28-39)43-35-51-47-22-10-14-26-56(47)70-60(51)54(36-43)67-52-23-11-7-19-44(52)49-33-34-50-45-20-8-12-24-53(45)68(59(50)58(49)67)63-65-61(41-17-5-2-6-18-41)64-62(66-63)42-31-32-48-46-21-9-13-25-55(46)69-57(48)37-42/h1-37H. The highest BCUT2D eigenvalue weighted by molar-refractivity contribution is 6.24. The number of aromatic nitrogens is 5. The lowest BCUT2D eigenvalue weighted by atomic mass is 9.98. The highest BCUT2D eigenvalue weighted by atomic mass is 16.3. The Balaban J connectivity index is 1.04. The van der Waals surface area contributed by atoms with Gasteiger partial charge < -0.3 is 13.4 Å². The maximum Gasteiger partial charge on any atom is 0.238 e. The maximum absolute atomic E-state index is 6.97.